The third-order valence-corrected chi connectivity index (χ3v) is 5.05. The first-order valence-corrected chi connectivity index (χ1v) is 9.75. The third-order valence-electron chi connectivity index (χ3n) is 4.83. The van der Waals surface area contributed by atoms with Crippen LogP contribution in [0.1, 0.15) is 17.3 Å². The van der Waals surface area contributed by atoms with E-state index in [1.54, 1.807) is 24.4 Å². The number of hydrogen-bond donors (Lipinski definition) is 1. The zero-order valence-electron chi connectivity index (χ0n) is 16.2. The predicted octanol–water partition coefficient (Wildman–Crippen LogP) is 3.03. The minimum atomic E-state index is -0.347. The molecule has 0 radical (unpaired) electrons. The van der Waals surface area contributed by atoms with Crippen LogP contribution in [0, 0.1) is 5.82 Å². The van der Waals surface area contributed by atoms with Crippen LogP contribution < -0.4 is 15.1 Å². The molecule has 0 unspecified atom stereocenters. The highest BCUT2D eigenvalue weighted by molar-refractivity contribution is 6.29. The van der Waals surface area contributed by atoms with E-state index in [0.717, 1.165) is 31.3 Å². The van der Waals surface area contributed by atoms with Gasteiger partial charge in [0.15, 0.2) is 5.82 Å². The van der Waals surface area contributed by atoms with E-state index in [1.807, 2.05) is 0 Å². The van der Waals surface area contributed by atoms with E-state index in [4.69, 9.17) is 11.6 Å². The highest BCUT2D eigenvalue weighted by Crippen LogP contribution is 2.22. The number of carbonyl (C=O) groups excluding carboxylic acids is 1. The third kappa shape index (κ3) is 4.46. The second kappa shape index (κ2) is 8.58. The molecule has 3 aromatic heterocycles. The zero-order valence-corrected chi connectivity index (χ0v) is 16.9. The first kappa shape index (κ1) is 20.0. The second-order valence-corrected chi connectivity index (χ2v) is 7.29. The summed E-state index contributed by atoms with van der Waals surface area (Å²) in [5, 5.41) is 3.01. The Bertz CT molecular complexity index is 1010. The van der Waals surface area contributed by atoms with Crippen molar-refractivity contribution in [2.45, 2.75) is 13.0 Å². The fraction of sp³-hybridized carbons (Fsp3) is 0.250. The van der Waals surface area contributed by atoms with Crippen LogP contribution in [-0.2, 0) is 0 Å². The van der Waals surface area contributed by atoms with Crippen LogP contribution in [-0.4, -0.2) is 51.5 Å². The van der Waals surface area contributed by atoms with Crippen LogP contribution in [0.15, 0.2) is 49.1 Å². The molecule has 4 heterocycles. The molecular formula is C20H19ClFN7O. The van der Waals surface area contributed by atoms with Crippen molar-refractivity contribution < 1.29 is 9.18 Å². The number of amides is 1. The van der Waals surface area contributed by atoms with Gasteiger partial charge in [-0.25, -0.2) is 24.3 Å². The normalized spacial score (nSPS) is 16.4. The molecule has 1 aliphatic rings. The Morgan fingerprint density at radius 3 is 2.50 bits per heavy atom. The van der Waals surface area contributed by atoms with Crippen LogP contribution >= 0.6 is 11.6 Å². The number of halogens is 2. The molecule has 1 aliphatic heterocycles. The SMILES string of the molecule is C[C@@H]1CN(c2ccc(F)cn2)CCN1c1cnc(NC(=O)c2ccc(Cl)nc2)cn1. The van der Waals surface area contributed by atoms with Gasteiger partial charge in [-0.05, 0) is 31.2 Å². The standard InChI is InChI=1S/C20H19ClFN7O/c1-13-12-28(18-5-3-15(22)9-25-18)6-7-29(13)19-11-24-17(10-26-19)27-20(30)14-2-4-16(21)23-8-14/h2-5,8-11,13H,6-7,12H2,1H3,(H,24,27,30)/t13-/m1/s1. The van der Waals surface area contributed by atoms with Crippen molar-refractivity contribution in [1.82, 2.24) is 19.9 Å². The van der Waals surface area contributed by atoms with Gasteiger partial charge in [0.1, 0.15) is 22.6 Å². The van der Waals surface area contributed by atoms with Crippen molar-refractivity contribution in [2.75, 3.05) is 34.8 Å². The molecule has 10 heteroatoms. The molecule has 3 aromatic rings. The van der Waals surface area contributed by atoms with Crippen molar-refractivity contribution in [1.29, 1.82) is 0 Å². The Labute approximate surface area is 177 Å². The van der Waals surface area contributed by atoms with Gasteiger partial charge in [0.25, 0.3) is 5.91 Å². The fourth-order valence-electron chi connectivity index (χ4n) is 3.29. The number of piperazine rings is 1. The van der Waals surface area contributed by atoms with Crippen LogP contribution in [0.25, 0.3) is 0 Å². The topological polar surface area (TPSA) is 87.1 Å². The van der Waals surface area contributed by atoms with Crippen LogP contribution in [0.3, 0.4) is 0 Å². The average molecular weight is 428 g/mol. The van der Waals surface area contributed by atoms with E-state index < -0.39 is 0 Å². The lowest BCUT2D eigenvalue weighted by Crippen LogP contribution is -2.52. The maximum atomic E-state index is 13.1. The summed E-state index contributed by atoms with van der Waals surface area (Å²) in [6.45, 7) is 4.26. The molecule has 0 bridgehead atoms. The van der Waals surface area contributed by atoms with E-state index in [-0.39, 0.29) is 17.8 Å². The van der Waals surface area contributed by atoms with Crippen molar-refractivity contribution in [2.24, 2.45) is 0 Å². The number of hydrogen-bond acceptors (Lipinski definition) is 7. The van der Waals surface area contributed by atoms with Gasteiger partial charge in [0.05, 0.1) is 24.2 Å². The smallest absolute Gasteiger partial charge is 0.258 e. The molecular weight excluding hydrogens is 409 g/mol. The Morgan fingerprint density at radius 2 is 1.87 bits per heavy atom. The molecule has 0 aliphatic carbocycles. The number of rotatable bonds is 4. The zero-order chi connectivity index (χ0) is 21.1. The highest BCUT2D eigenvalue weighted by atomic mass is 35.5. The number of carbonyl (C=O) groups is 1. The molecule has 1 fully saturated rings. The second-order valence-electron chi connectivity index (χ2n) is 6.91. The van der Waals surface area contributed by atoms with E-state index in [0.29, 0.717) is 16.5 Å². The number of anilines is 3. The number of nitrogens with zero attached hydrogens (tertiary/aromatic N) is 6. The molecule has 4 rings (SSSR count). The first-order valence-electron chi connectivity index (χ1n) is 9.38. The van der Waals surface area contributed by atoms with E-state index in [9.17, 15) is 9.18 Å². The Morgan fingerprint density at radius 1 is 1.03 bits per heavy atom. The van der Waals surface area contributed by atoms with Crippen LogP contribution in [0.4, 0.5) is 21.8 Å². The van der Waals surface area contributed by atoms with Gasteiger partial charge in [-0.1, -0.05) is 11.6 Å². The Hall–Kier alpha value is -3.33. The van der Waals surface area contributed by atoms with Gasteiger partial charge in [0, 0.05) is 31.9 Å². The van der Waals surface area contributed by atoms with E-state index in [2.05, 4.69) is 42.0 Å². The summed E-state index contributed by atoms with van der Waals surface area (Å²) in [6.07, 6.45) is 5.79. The minimum Gasteiger partial charge on any atom is -0.353 e. The molecule has 154 valence electrons. The van der Waals surface area contributed by atoms with Gasteiger partial charge < -0.3 is 15.1 Å². The van der Waals surface area contributed by atoms with Crippen molar-refractivity contribution in [3.8, 4) is 0 Å². The average Bonchev–Trinajstić information content (AvgIpc) is 2.75. The molecule has 0 saturated carbocycles. The number of aromatic nitrogens is 4. The molecule has 0 aromatic carbocycles. The lowest BCUT2D eigenvalue weighted by atomic mass is 10.2. The lowest BCUT2D eigenvalue weighted by Gasteiger charge is -2.40. The highest BCUT2D eigenvalue weighted by Gasteiger charge is 2.25. The van der Waals surface area contributed by atoms with E-state index >= 15 is 0 Å². The van der Waals surface area contributed by atoms with Gasteiger partial charge in [-0.2, -0.15) is 0 Å². The van der Waals surface area contributed by atoms with Crippen LogP contribution in [0.5, 0.6) is 0 Å². The summed E-state index contributed by atoms with van der Waals surface area (Å²) in [7, 11) is 0. The van der Waals surface area contributed by atoms with Crippen molar-refractivity contribution in [3.05, 3.63) is 65.6 Å². The van der Waals surface area contributed by atoms with Crippen molar-refractivity contribution >= 4 is 35.0 Å². The van der Waals surface area contributed by atoms with Gasteiger partial charge in [-0.15, -0.1) is 0 Å². The maximum absolute atomic E-state index is 13.1. The summed E-state index contributed by atoms with van der Waals surface area (Å²) >= 11 is 5.74. The maximum Gasteiger partial charge on any atom is 0.258 e. The molecule has 1 saturated heterocycles. The van der Waals surface area contributed by atoms with E-state index in [1.165, 1.54) is 24.7 Å². The quantitative estimate of drug-likeness (QED) is 0.640. The molecule has 1 amide bonds. The Kier molecular flexibility index (Phi) is 5.71. The number of pyridine rings is 2. The molecule has 8 nitrogen and oxygen atoms in total. The molecule has 1 atom stereocenters. The summed E-state index contributed by atoms with van der Waals surface area (Å²) in [5.41, 5.74) is 0.379. The fourth-order valence-corrected chi connectivity index (χ4v) is 3.41. The van der Waals surface area contributed by atoms with Gasteiger partial charge in [-0.3, -0.25) is 4.79 Å². The summed E-state index contributed by atoms with van der Waals surface area (Å²) in [4.78, 5) is 33.3. The number of nitrogens with one attached hydrogen (secondary N) is 1. The predicted molar refractivity (Wildman–Crippen MR) is 112 cm³/mol. The monoisotopic (exact) mass is 427 g/mol. The largest absolute Gasteiger partial charge is 0.353 e. The van der Waals surface area contributed by atoms with Gasteiger partial charge >= 0.3 is 0 Å². The molecule has 1 N–H and O–H groups in total. The minimum absolute atomic E-state index is 0.153. The molecule has 0 spiro atoms. The lowest BCUT2D eigenvalue weighted by molar-refractivity contribution is 0.102. The van der Waals surface area contributed by atoms with Crippen molar-refractivity contribution in [3.63, 3.8) is 0 Å². The summed E-state index contributed by atoms with van der Waals surface area (Å²) < 4.78 is 13.1. The van der Waals surface area contributed by atoms with Crippen LogP contribution in [0.2, 0.25) is 5.15 Å². The summed E-state index contributed by atoms with van der Waals surface area (Å²) in [5.74, 6) is 1.14. The first-order chi connectivity index (χ1) is 14.5. The van der Waals surface area contributed by atoms with Gasteiger partial charge in [0.2, 0.25) is 0 Å². The molecule has 30 heavy (non-hydrogen) atoms. The Balaban J connectivity index is 1.38. The summed E-state index contributed by atoms with van der Waals surface area (Å²) in [6, 6.07) is 6.39.